The van der Waals surface area contributed by atoms with Gasteiger partial charge in [-0.2, -0.15) is 0 Å². The lowest BCUT2D eigenvalue weighted by molar-refractivity contribution is -0.122. The smallest absolute Gasteiger partial charge is 0.232 e. The maximum absolute atomic E-state index is 14.0. The van der Waals surface area contributed by atoms with Crippen molar-refractivity contribution in [2.75, 3.05) is 4.90 Å². The molecule has 4 rings (SSSR count). The quantitative estimate of drug-likeness (QED) is 0.689. The van der Waals surface area contributed by atoms with E-state index < -0.39 is 0 Å². The van der Waals surface area contributed by atoms with E-state index in [0.717, 1.165) is 36.1 Å². The number of thiazole rings is 1. The summed E-state index contributed by atoms with van der Waals surface area (Å²) in [5.74, 6) is -0.255. The molecule has 0 spiro atoms. The second kappa shape index (κ2) is 6.88. The second-order valence-electron chi connectivity index (χ2n) is 6.31. The first-order valence-corrected chi connectivity index (χ1v) is 9.30. The topological polar surface area (TPSA) is 46.1 Å². The number of rotatable bonds is 4. The lowest BCUT2D eigenvalue weighted by Gasteiger charge is -2.22. The Bertz CT molecular complexity index is 890. The molecule has 2 aromatic heterocycles. The van der Waals surface area contributed by atoms with Gasteiger partial charge in [-0.25, -0.2) is 9.37 Å². The fraction of sp³-hybridized carbons (Fsp3) is 0.316. The highest BCUT2D eigenvalue weighted by Gasteiger charge is 2.30. The van der Waals surface area contributed by atoms with Gasteiger partial charge in [-0.3, -0.25) is 14.7 Å². The van der Waals surface area contributed by atoms with Crippen LogP contribution in [-0.4, -0.2) is 15.9 Å². The number of para-hydroxylation sites is 1. The molecule has 0 unspecified atom stereocenters. The van der Waals surface area contributed by atoms with Crippen LogP contribution < -0.4 is 4.90 Å². The summed E-state index contributed by atoms with van der Waals surface area (Å²) in [6.45, 7) is 0.359. The van der Waals surface area contributed by atoms with Crippen molar-refractivity contribution in [3.8, 4) is 0 Å². The van der Waals surface area contributed by atoms with Gasteiger partial charge in [-0.1, -0.05) is 36.3 Å². The highest BCUT2D eigenvalue weighted by molar-refractivity contribution is 7.22. The number of pyridine rings is 1. The molecule has 1 saturated carbocycles. The molecule has 1 aliphatic rings. The number of carbonyl (C=O) groups excluding carboxylic acids is 1. The zero-order valence-corrected chi connectivity index (χ0v) is 14.5. The lowest BCUT2D eigenvalue weighted by Crippen LogP contribution is -2.35. The summed E-state index contributed by atoms with van der Waals surface area (Å²) in [7, 11) is 0. The zero-order chi connectivity index (χ0) is 17.2. The first kappa shape index (κ1) is 16.1. The largest absolute Gasteiger partial charge is 0.282 e. The highest BCUT2D eigenvalue weighted by Crippen LogP contribution is 2.34. The predicted octanol–water partition coefficient (Wildman–Crippen LogP) is 4.55. The van der Waals surface area contributed by atoms with Gasteiger partial charge in [0.2, 0.25) is 5.91 Å². The molecule has 25 heavy (non-hydrogen) atoms. The lowest BCUT2D eigenvalue weighted by atomic mass is 10.1. The molecular weight excluding hydrogens is 337 g/mol. The van der Waals surface area contributed by atoms with E-state index in [1.807, 2.05) is 24.3 Å². The number of amides is 1. The third kappa shape index (κ3) is 3.26. The molecule has 4 nitrogen and oxygen atoms in total. The van der Waals surface area contributed by atoms with E-state index in [0.29, 0.717) is 17.2 Å². The molecule has 1 fully saturated rings. The van der Waals surface area contributed by atoms with Crippen LogP contribution in [0.2, 0.25) is 0 Å². The number of nitrogens with zero attached hydrogens (tertiary/aromatic N) is 3. The van der Waals surface area contributed by atoms with Crippen LogP contribution in [-0.2, 0) is 11.3 Å². The van der Waals surface area contributed by atoms with E-state index in [2.05, 4.69) is 9.97 Å². The van der Waals surface area contributed by atoms with Gasteiger partial charge in [0.15, 0.2) is 5.13 Å². The van der Waals surface area contributed by atoms with Crippen molar-refractivity contribution in [2.24, 2.45) is 5.92 Å². The molecular formula is C19H18FN3OS. The molecule has 128 valence electrons. The van der Waals surface area contributed by atoms with Gasteiger partial charge in [-0.15, -0.1) is 0 Å². The third-order valence-corrected chi connectivity index (χ3v) is 5.65. The first-order valence-electron chi connectivity index (χ1n) is 8.49. The summed E-state index contributed by atoms with van der Waals surface area (Å²) in [5.41, 5.74) is 1.13. The number of halogens is 1. The average Bonchev–Trinajstić information content (AvgIpc) is 3.30. The van der Waals surface area contributed by atoms with Gasteiger partial charge in [0, 0.05) is 12.1 Å². The summed E-state index contributed by atoms with van der Waals surface area (Å²) in [5, 5.41) is 0.544. The van der Waals surface area contributed by atoms with Crippen molar-refractivity contribution in [3.05, 3.63) is 54.1 Å². The van der Waals surface area contributed by atoms with Crippen LogP contribution in [0.4, 0.5) is 9.52 Å². The van der Waals surface area contributed by atoms with Crippen molar-refractivity contribution in [1.29, 1.82) is 0 Å². The maximum atomic E-state index is 14.0. The minimum atomic E-state index is -0.355. The van der Waals surface area contributed by atoms with E-state index >= 15 is 0 Å². The van der Waals surface area contributed by atoms with Crippen molar-refractivity contribution >= 4 is 32.6 Å². The highest BCUT2D eigenvalue weighted by atomic mass is 32.1. The Morgan fingerprint density at radius 1 is 1.20 bits per heavy atom. The van der Waals surface area contributed by atoms with Crippen LogP contribution in [0.1, 0.15) is 31.4 Å². The fourth-order valence-corrected chi connectivity index (χ4v) is 4.29. The molecule has 0 aliphatic heterocycles. The molecule has 2 heterocycles. The Morgan fingerprint density at radius 3 is 2.76 bits per heavy atom. The Balaban J connectivity index is 1.72. The monoisotopic (exact) mass is 355 g/mol. The standard InChI is InChI=1S/C19H18FN3OS/c20-15-9-5-10-16-17(15)22-19(25-16)23(12-14-8-3-4-11-21-14)18(24)13-6-1-2-7-13/h3-5,8-11,13H,1-2,6-7,12H2. The summed E-state index contributed by atoms with van der Waals surface area (Å²) in [6, 6.07) is 10.5. The number of hydrogen-bond acceptors (Lipinski definition) is 4. The molecule has 6 heteroatoms. The SMILES string of the molecule is O=C(C1CCCC1)N(Cc1ccccn1)c1nc2c(F)cccc2s1. The Hall–Kier alpha value is -2.34. The Labute approximate surface area is 149 Å². The molecule has 0 radical (unpaired) electrons. The van der Waals surface area contributed by atoms with Crippen LogP contribution in [0.15, 0.2) is 42.6 Å². The van der Waals surface area contributed by atoms with Crippen LogP contribution in [0.25, 0.3) is 10.2 Å². The molecule has 1 aromatic carbocycles. The van der Waals surface area contributed by atoms with Gasteiger partial charge in [0.25, 0.3) is 0 Å². The van der Waals surface area contributed by atoms with Crippen molar-refractivity contribution < 1.29 is 9.18 Å². The van der Waals surface area contributed by atoms with Crippen molar-refractivity contribution in [2.45, 2.75) is 32.2 Å². The molecule has 0 saturated heterocycles. The van der Waals surface area contributed by atoms with E-state index in [-0.39, 0.29) is 17.6 Å². The zero-order valence-electron chi connectivity index (χ0n) is 13.7. The minimum absolute atomic E-state index is 0.0283. The summed E-state index contributed by atoms with van der Waals surface area (Å²) < 4.78 is 14.8. The summed E-state index contributed by atoms with van der Waals surface area (Å²) >= 11 is 1.35. The summed E-state index contributed by atoms with van der Waals surface area (Å²) in [4.78, 5) is 23.5. The van der Waals surface area contributed by atoms with Crippen molar-refractivity contribution in [1.82, 2.24) is 9.97 Å². The van der Waals surface area contributed by atoms with Crippen molar-refractivity contribution in [3.63, 3.8) is 0 Å². The van der Waals surface area contributed by atoms with Crippen LogP contribution >= 0.6 is 11.3 Å². The van der Waals surface area contributed by atoms with E-state index in [1.54, 1.807) is 17.2 Å². The van der Waals surface area contributed by atoms with Gasteiger partial charge in [0.1, 0.15) is 11.3 Å². The predicted molar refractivity (Wildman–Crippen MR) is 97.0 cm³/mol. The van der Waals surface area contributed by atoms with E-state index in [1.165, 1.54) is 17.4 Å². The van der Waals surface area contributed by atoms with Gasteiger partial charge >= 0.3 is 0 Å². The number of aromatic nitrogens is 2. The number of fused-ring (bicyclic) bond motifs is 1. The number of anilines is 1. The molecule has 1 amide bonds. The third-order valence-electron chi connectivity index (χ3n) is 4.61. The molecule has 0 N–H and O–H groups in total. The maximum Gasteiger partial charge on any atom is 0.232 e. The van der Waals surface area contributed by atoms with Crippen LogP contribution in [0, 0.1) is 11.7 Å². The number of carbonyl (C=O) groups is 1. The van der Waals surface area contributed by atoms with Gasteiger partial charge < -0.3 is 0 Å². The molecule has 0 atom stereocenters. The minimum Gasteiger partial charge on any atom is -0.282 e. The van der Waals surface area contributed by atoms with Crippen LogP contribution in [0.3, 0.4) is 0 Å². The van der Waals surface area contributed by atoms with E-state index in [4.69, 9.17) is 0 Å². The van der Waals surface area contributed by atoms with Gasteiger partial charge in [-0.05, 0) is 37.1 Å². The Morgan fingerprint density at radius 2 is 2.04 bits per heavy atom. The molecule has 0 bridgehead atoms. The first-order chi connectivity index (χ1) is 12.2. The van der Waals surface area contributed by atoms with Crippen LogP contribution in [0.5, 0.6) is 0 Å². The number of benzene rings is 1. The van der Waals surface area contributed by atoms with E-state index in [9.17, 15) is 9.18 Å². The fourth-order valence-electron chi connectivity index (χ4n) is 3.31. The second-order valence-corrected chi connectivity index (χ2v) is 7.32. The number of hydrogen-bond donors (Lipinski definition) is 0. The van der Waals surface area contributed by atoms with Gasteiger partial charge in [0.05, 0.1) is 16.9 Å². The summed E-state index contributed by atoms with van der Waals surface area (Å²) in [6.07, 6.45) is 5.71. The average molecular weight is 355 g/mol. The normalized spacial score (nSPS) is 14.9. The molecule has 3 aromatic rings. The Kier molecular flexibility index (Phi) is 4.44. The molecule has 1 aliphatic carbocycles.